The van der Waals surface area contributed by atoms with Crippen LogP contribution in [-0.2, 0) is 6.54 Å². The van der Waals surface area contributed by atoms with E-state index in [0.717, 1.165) is 28.0 Å². The summed E-state index contributed by atoms with van der Waals surface area (Å²) in [7, 11) is 1.63. The highest BCUT2D eigenvalue weighted by atomic mass is 16.5. The number of methoxy groups -OCH3 is 1. The summed E-state index contributed by atoms with van der Waals surface area (Å²) >= 11 is 0. The van der Waals surface area contributed by atoms with Crippen molar-refractivity contribution in [3.05, 3.63) is 64.2 Å². The van der Waals surface area contributed by atoms with Gasteiger partial charge in [0.05, 0.1) is 7.11 Å². The van der Waals surface area contributed by atoms with Crippen LogP contribution in [0.15, 0.2) is 36.4 Å². The normalized spacial score (nSPS) is 10.3. The number of rotatable bonds is 4. The molecule has 0 heterocycles. The zero-order valence-electron chi connectivity index (χ0n) is 13.0. The fourth-order valence-corrected chi connectivity index (χ4v) is 2.32. The molecule has 110 valence electrons. The maximum Gasteiger partial charge on any atom is 0.251 e. The van der Waals surface area contributed by atoms with Gasteiger partial charge in [-0.2, -0.15) is 0 Å². The summed E-state index contributed by atoms with van der Waals surface area (Å²) in [5.41, 5.74) is 5.02. The van der Waals surface area contributed by atoms with E-state index in [2.05, 4.69) is 12.2 Å². The van der Waals surface area contributed by atoms with E-state index in [4.69, 9.17) is 4.74 Å². The first-order valence-corrected chi connectivity index (χ1v) is 7.01. The zero-order valence-corrected chi connectivity index (χ0v) is 13.0. The zero-order chi connectivity index (χ0) is 15.4. The quantitative estimate of drug-likeness (QED) is 0.932. The van der Waals surface area contributed by atoms with Crippen LogP contribution < -0.4 is 10.1 Å². The van der Waals surface area contributed by atoms with E-state index in [-0.39, 0.29) is 5.91 Å². The largest absolute Gasteiger partial charge is 0.496 e. The Bertz CT molecular complexity index is 662. The van der Waals surface area contributed by atoms with Gasteiger partial charge in [0.2, 0.25) is 0 Å². The first-order chi connectivity index (χ1) is 10.0. The lowest BCUT2D eigenvalue weighted by Gasteiger charge is -2.12. The van der Waals surface area contributed by atoms with E-state index in [0.29, 0.717) is 6.54 Å². The number of benzene rings is 2. The lowest BCUT2D eigenvalue weighted by atomic mass is 10.0. The van der Waals surface area contributed by atoms with Crippen LogP contribution in [0, 0.1) is 20.8 Å². The standard InChI is InChI=1S/C18H21NO2/c1-12-9-14(3)16(10-13(12)2)18(20)19-11-15-7-5-6-8-17(15)21-4/h5-10H,11H2,1-4H3,(H,19,20). The summed E-state index contributed by atoms with van der Waals surface area (Å²) in [5.74, 6) is 0.733. The van der Waals surface area contributed by atoms with Gasteiger partial charge in [0.25, 0.3) is 5.91 Å². The maximum absolute atomic E-state index is 12.4. The van der Waals surface area contributed by atoms with Gasteiger partial charge in [0.15, 0.2) is 0 Å². The Morgan fingerprint density at radius 1 is 1.05 bits per heavy atom. The molecule has 0 radical (unpaired) electrons. The highest BCUT2D eigenvalue weighted by Crippen LogP contribution is 2.18. The molecule has 0 aliphatic carbocycles. The highest BCUT2D eigenvalue weighted by molar-refractivity contribution is 5.95. The van der Waals surface area contributed by atoms with E-state index in [1.807, 2.05) is 50.2 Å². The highest BCUT2D eigenvalue weighted by Gasteiger charge is 2.11. The molecule has 2 aromatic rings. The van der Waals surface area contributed by atoms with Crippen molar-refractivity contribution >= 4 is 5.91 Å². The van der Waals surface area contributed by atoms with Gasteiger partial charge < -0.3 is 10.1 Å². The van der Waals surface area contributed by atoms with Crippen molar-refractivity contribution in [2.45, 2.75) is 27.3 Å². The molecule has 0 aliphatic heterocycles. The molecule has 0 saturated heterocycles. The van der Waals surface area contributed by atoms with Crippen LogP contribution in [0.4, 0.5) is 0 Å². The van der Waals surface area contributed by atoms with Crippen molar-refractivity contribution in [3.8, 4) is 5.75 Å². The number of amides is 1. The predicted octanol–water partition coefficient (Wildman–Crippen LogP) is 3.55. The lowest BCUT2D eigenvalue weighted by Crippen LogP contribution is -2.24. The van der Waals surface area contributed by atoms with Crippen LogP contribution in [0.1, 0.15) is 32.6 Å². The monoisotopic (exact) mass is 283 g/mol. The van der Waals surface area contributed by atoms with Crippen LogP contribution >= 0.6 is 0 Å². The van der Waals surface area contributed by atoms with E-state index in [1.54, 1.807) is 7.11 Å². The number of hydrogen-bond acceptors (Lipinski definition) is 2. The molecule has 0 unspecified atom stereocenters. The van der Waals surface area contributed by atoms with Crippen molar-refractivity contribution in [1.29, 1.82) is 0 Å². The van der Waals surface area contributed by atoms with Crippen molar-refractivity contribution < 1.29 is 9.53 Å². The number of nitrogens with one attached hydrogen (secondary N) is 1. The van der Waals surface area contributed by atoms with Crippen molar-refractivity contribution in [3.63, 3.8) is 0 Å². The number of carbonyl (C=O) groups is 1. The molecular weight excluding hydrogens is 262 g/mol. The molecule has 2 aromatic carbocycles. The second-order valence-corrected chi connectivity index (χ2v) is 5.25. The molecule has 0 aromatic heterocycles. The van der Waals surface area contributed by atoms with Crippen LogP contribution in [0.3, 0.4) is 0 Å². The fourth-order valence-electron chi connectivity index (χ4n) is 2.32. The van der Waals surface area contributed by atoms with Crippen molar-refractivity contribution in [2.24, 2.45) is 0 Å². The number of hydrogen-bond donors (Lipinski definition) is 1. The molecule has 0 aliphatic rings. The van der Waals surface area contributed by atoms with Crippen molar-refractivity contribution in [1.82, 2.24) is 5.32 Å². The third-order valence-electron chi connectivity index (χ3n) is 3.72. The topological polar surface area (TPSA) is 38.3 Å². The number of ether oxygens (including phenoxy) is 1. The Hall–Kier alpha value is -2.29. The Balaban J connectivity index is 2.14. The number of aryl methyl sites for hydroxylation is 3. The van der Waals surface area contributed by atoms with Gasteiger partial charge in [0, 0.05) is 17.7 Å². The van der Waals surface area contributed by atoms with Gasteiger partial charge in [-0.3, -0.25) is 4.79 Å². The van der Waals surface area contributed by atoms with E-state index >= 15 is 0 Å². The van der Waals surface area contributed by atoms with Gasteiger partial charge in [-0.25, -0.2) is 0 Å². The summed E-state index contributed by atoms with van der Waals surface area (Å²) in [6.45, 7) is 6.49. The predicted molar refractivity (Wildman–Crippen MR) is 84.8 cm³/mol. The first kappa shape index (κ1) is 15.1. The summed E-state index contributed by atoms with van der Waals surface area (Å²) < 4.78 is 5.29. The molecule has 0 atom stereocenters. The summed E-state index contributed by atoms with van der Waals surface area (Å²) in [5, 5.41) is 2.96. The summed E-state index contributed by atoms with van der Waals surface area (Å²) in [6.07, 6.45) is 0. The molecule has 2 rings (SSSR count). The molecule has 0 spiro atoms. The molecule has 0 fully saturated rings. The van der Waals surface area contributed by atoms with Gasteiger partial charge in [-0.15, -0.1) is 0 Å². The van der Waals surface area contributed by atoms with Gasteiger partial charge in [-0.05, 0) is 49.6 Å². The molecule has 1 amide bonds. The molecular formula is C18H21NO2. The third kappa shape index (κ3) is 3.43. The first-order valence-electron chi connectivity index (χ1n) is 7.01. The third-order valence-corrected chi connectivity index (χ3v) is 3.72. The Labute approximate surface area is 126 Å². The minimum Gasteiger partial charge on any atom is -0.496 e. The van der Waals surface area contributed by atoms with Gasteiger partial charge in [0.1, 0.15) is 5.75 Å². The second kappa shape index (κ2) is 6.44. The maximum atomic E-state index is 12.4. The second-order valence-electron chi connectivity index (χ2n) is 5.25. The van der Waals surface area contributed by atoms with Crippen molar-refractivity contribution in [2.75, 3.05) is 7.11 Å². The number of para-hydroxylation sites is 1. The van der Waals surface area contributed by atoms with Crippen LogP contribution in [0.5, 0.6) is 5.75 Å². The summed E-state index contributed by atoms with van der Waals surface area (Å²) in [4.78, 5) is 12.4. The average Bonchev–Trinajstić information content (AvgIpc) is 2.48. The molecule has 3 nitrogen and oxygen atoms in total. The minimum atomic E-state index is -0.0542. The molecule has 3 heteroatoms. The van der Waals surface area contributed by atoms with E-state index < -0.39 is 0 Å². The average molecular weight is 283 g/mol. The Morgan fingerprint density at radius 2 is 1.71 bits per heavy atom. The summed E-state index contributed by atoms with van der Waals surface area (Å²) in [6, 6.07) is 11.7. The SMILES string of the molecule is COc1ccccc1CNC(=O)c1cc(C)c(C)cc1C. The molecule has 21 heavy (non-hydrogen) atoms. The Morgan fingerprint density at radius 3 is 2.43 bits per heavy atom. The molecule has 0 saturated carbocycles. The van der Waals surface area contributed by atoms with Crippen LogP contribution in [0.2, 0.25) is 0 Å². The van der Waals surface area contributed by atoms with E-state index in [1.165, 1.54) is 5.56 Å². The smallest absolute Gasteiger partial charge is 0.251 e. The minimum absolute atomic E-state index is 0.0542. The Kier molecular flexibility index (Phi) is 4.63. The molecule has 1 N–H and O–H groups in total. The number of carbonyl (C=O) groups excluding carboxylic acids is 1. The van der Waals surface area contributed by atoms with Gasteiger partial charge >= 0.3 is 0 Å². The van der Waals surface area contributed by atoms with Crippen LogP contribution in [0.25, 0.3) is 0 Å². The van der Waals surface area contributed by atoms with Gasteiger partial charge in [-0.1, -0.05) is 24.3 Å². The fraction of sp³-hybridized carbons (Fsp3) is 0.278. The van der Waals surface area contributed by atoms with E-state index in [9.17, 15) is 4.79 Å². The van der Waals surface area contributed by atoms with Crippen LogP contribution in [-0.4, -0.2) is 13.0 Å². The molecule has 0 bridgehead atoms. The lowest BCUT2D eigenvalue weighted by molar-refractivity contribution is 0.0950.